The maximum Gasteiger partial charge on any atom is 0.262 e. The van der Waals surface area contributed by atoms with Gasteiger partial charge in [0, 0.05) is 18.7 Å². The Hall–Kier alpha value is -2.54. The topological polar surface area (TPSA) is 75.7 Å². The molecule has 3 rings (SSSR count). The Morgan fingerprint density at radius 1 is 1.07 bits per heavy atom. The van der Waals surface area contributed by atoms with Crippen LogP contribution in [0, 0.1) is 0 Å². The molecule has 1 N–H and O–H groups in total. The van der Waals surface area contributed by atoms with Gasteiger partial charge in [0.15, 0.2) is 0 Å². The molecule has 1 amide bonds. The van der Waals surface area contributed by atoms with Crippen molar-refractivity contribution >= 4 is 21.6 Å². The molecule has 27 heavy (non-hydrogen) atoms. The summed E-state index contributed by atoms with van der Waals surface area (Å²) in [7, 11) is -3.85. The third kappa shape index (κ3) is 4.60. The summed E-state index contributed by atoms with van der Waals surface area (Å²) in [6.07, 6.45) is 1.88. The summed E-state index contributed by atoms with van der Waals surface area (Å²) in [6, 6.07) is 13.0. The van der Waals surface area contributed by atoms with Crippen LogP contribution in [0.4, 0.5) is 5.69 Å². The van der Waals surface area contributed by atoms with Crippen molar-refractivity contribution in [1.29, 1.82) is 0 Å². The molecule has 0 unspecified atom stereocenters. The molecule has 1 fully saturated rings. The molecule has 0 radical (unpaired) electrons. The van der Waals surface area contributed by atoms with Crippen LogP contribution < -0.4 is 9.46 Å². The number of ether oxygens (including phenoxy) is 1. The van der Waals surface area contributed by atoms with Crippen molar-refractivity contribution in [3.8, 4) is 5.75 Å². The van der Waals surface area contributed by atoms with Gasteiger partial charge < -0.3 is 9.64 Å². The molecule has 0 aromatic heterocycles. The maximum atomic E-state index is 12.8. The molecule has 144 valence electrons. The Kier molecular flexibility index (Phi) is 5.70. The number of nitrogens with zero attached hydrogens (tertiary/aromatic N) is 1. The smallest absolute Gasteiger partial charge is 0.262 e. The van der Waals surface area contributed by atoms with Crippen LogP contribution in [0.25, 0.3) is 0 Å². The number of nitrogens with one attached hydrogen (secondary N) is 1. The molecule has 0 bridgehead atoms. The number of para-hydroxylation sites is 2. The first-order chi connectivity index (χ1) is 12.9. The minimum absolute atomic E-state index is 0.0481. The van der Waals surface area contributed by atoms with Crippen molar-refractivity contribution in [3.05, 3.63) is 54.1 Å². The number of hydrogen-bond acceptors (Lipinski definition) is 4. The molecule has 2 aromatic carbocycles. The fraction of sp³-hybridized carbons (Fsp3) is 0.350. The number of benzene rings is 2. The van der Waals surface area contributed by atoms with E-state index in [2.05, 4.69) is 4.72 Å². The van der Waals surface area contributed by atoms with E-state index in [1.807, 2.05) is 13.8 Å². The number of amides is 1. The van der Waals surface area contributed by atoms with Crippen molar-refractivity contribution < 1.29 is 17.9 Å². The molecular weight excluding hydrogens is 364 g/mol. The zero-order valence-electron chi connectivity index (χ0n) is 15.5. The van der Waals surface area contributed by atoms with Gasteiger partial charge in [-0.15, -0.1) is 0 Å². The van der Waals surface area contributed by atoms with E-state index in [1.165, 1.54) is 12.1 Å². The number of carbonyl (C=O) groups excluding carboxylic acids is 1. The highest BCUT2D eigenvalue weighted by Gasteiger charge is 2.22. The summed E-state index contributed by atoms with van der Waals surface area (Å²) >= 11 is 0. The van der Waals surface area contributed by atoms with Crippen LogP contribution in [-0.4, -0.2) is 38.4 Å². The first kappa shape index (κ1) is 19.2. The molecule has 1 aliphatic heterocycles. The normalized spacial score (nSPS) is 14.4. The van der Waals surface area contributed by atoms with Gasteiger partial charge in [-0.1, -0.05) is 18.2 Å². The largest absolute Gasteiger partial charge is 0.489 e. The van der Waals surface area contributed by atoms with E-state index in [0.717, 1.165) is 12.8 Å². The Morgan fingerprint density at radius 2 is 1.78 bits per heavy atom. The van der Waals surface area contributed by atoms with Crippen LogP contribution in [0.1, 0.15) is 37.0 Å². The Bertz CT molecular complexity index is 919. The van der Waals surface area contributed by atoms with Gasteiger partial charge in [-0.2, -0.15) is 0 Å². The van der Waals surface area contributed by atoms with Gasteiger partial charge in [0.1, 0.15) is 5.75 Å². The molecular formula is C20H24N2O4S. The van der Waals surface area contributed by atoms with Crippen LogP contribution in [0.3, 0.4) is 0 Å². The molecule has 0 saturated carbocycles. The lowest BCUT2D eigenvalue weighted by Gasteiger charge is -2.17. The second kappa shape index (κ2) is 8.00. The average molecular weight is 388 g/mol. The van der Waals surface area contributed by atoms with Crippen LogP contribution in [0.2, 0.25) is 0 Å². The van der Waals surface area contributed by atoms with E-state index in [0.29, 0.717) is 30.1 Å². The van der Waals surface area contributed by atoms with Crippen molar-refractivity contribution in [2.24, 2.45) is 0 Å². The van der Waals surface area contributed by atoms with Crippen molar-refractivity contribution in [2.75, 3.05) is 17.8 Å². The van der Waals surface area contributed by atoms with Crippen LogP contribution in [-0.2, 0) is 10.0 Å². The minimum Gasteiger partial charge on any atom is -0.489 e. The number of carbonyl (C=O) groups is 1. The van der Waals surface area contributed by atoms with Crippen molar-refractivity contribution in [2.45, 2.75) is 37.7 Å². The molecule has 2 aromatic rings. The van der Waals surface area contributed by atoms with Gasteiger partial charge in [-0.3, -0.25) is 9.52 Å². The Morgan fingerprint density at radius 3 is 2.48 bits per heavy atom. The van der Waals surface area contributed by atoms with Gasteiger partial charge >= 0.3 is 0 Å². The Balaban J connectivity index is 1.85. The lowest BCUT2D eigenvalue weighted by atomic mass is 10.2. The molecule has 0 atom stereocenters. The highest BCUT2D eigenvalue weighted by molar-refractivity contribution is 7.92. The molecule has 6 nitrogen and oxygen atoms in total. The monoisotopic (exact) mass is 388 g/mol. The molecule has 1 saturated heterocycles. The van der Waals surface area contributed by atoms with E-state index in [9.17, 15) is 13.2 Å². The summed E-state index contributed by atoms with van der Waals surface area (Å²) in [5, 5.41) is 0. The third-order valence-corrected chi connectivity index (χ3v) is 5.64. The van der Waals surface area contributed by atoms with Crippen molar-refractivity contribution in [3.63, 3.8) is 0 Å². The van der Waals surface area contributed by atoms with Crippen LogP contribution in [0.5, 0.6) is 5.75 Å². The Labute approximate surface area is 160 Å². The van der Waals surface area contributed by atoms with Crippen molar-refractivity contribution in [1.82, 2.24) is 4.90 Å². The fourth-order valence-electron chi connectivity index (χ4n) is 3.01. The van der Waals surface area contributed by atoms with Gasteiger partial charge in [0.2, 0.25) is 0 Å². The lowest BCUT2D eigenvalue weighted by molar-refractivity contribution is 0.0792. The highest BCUT2D eigenvalue weighted by atomic mass is 32.2. The van der Waals surface area contributed by atoms with E-state index in [4.69, 9.17) is 4.74 Å². The second-order valence-electron chi connectivity index (χ2n) is 6.80. The predicted molar refractivity (Wildman–Crippen MR) is 105 cm³/mol. The number of sulfonamides is 1. The van der Waals surface area contributed by atoms with E-state index in [1.54, 1.807) is 41.3 Å². The fourth-order valence-corrected chi connectivity index (χ4v) is 4.13. The van der Waals surface area contributed by atoms with Gasteiger partial charge in [0.25, 0.3) is 15.9 Å². The first-order valence-electron chi connectivity index (χ1n) is 9.05. The summed E-state index contributed by atoms with van der Waals surface area (Å²) in [4.78, 5) is 14.4. The molecule has 0 spiro atoms. The zero-order chi connectivity index (χ0) is 19.4. The second-order valence-corrected chi connectivity index (χ2v) is 8.48. The highest BCUT2D eigenvalue weighted by Crippen LogP contribution is 2.28. The molecule has 7 heteroatoms. The molecule has 1 aliphatic rings. The number of likely N-dealkylation sites (tertiary alicyclic amines) is 1. The van der Waals surface area contributed by atoms with Crippen LogP contribution in [0.15, 0.2) is 53.4 Å². The summed E-state index contributed by atoms with van der Waals surface area (Å²) in [6.45, 7) is 5.18. The minimum atomic E-state index is -3.85. The summed E-state index contributed by atoms with van der Waals surface area (Å²) in [5.74, 6) is 0.327. The lowest BCUT2D eigenvalue weighted by Crippen LogP contribution is -2.27. The third-order valence-electron chi connectivity index (χ3n) is 4.28. The SMILES string of the molecule is CC(C)Oc1ccccc1NS(=O)(=O)c1cccc(C(=O)N2CCCC2)c1. The average Bonchev–Trinajstić information content (AvgIpc) is 3.17. The van der Waals surface area contributed by atoms with Gasteiger partial charge in [0.05, 0.1) is 16.7 Å². The number of rotatable bonds is 6. The standard InChI is InChI=1S/C20H24N2O4S/c1-15(2)26-19-11-4-3-10-18(19)21-27(24,25)17-9-7-8-16(14-17)20(23)22-12-5-6-13-22/h3-4,7-11,14-15,21H,5-6,12-13H2,1-2H3. The first-order valence-corrected chi connectivity index (χ1v) is 10.5. The van der Waals surface area contributed by atoms with E-state index < -0.39 is 10.0 Å². The van der Waals surface area contributed by atoms with E-state index >= 15 is 0 Å². The molecule has 1 heterocycles. The van der Waals surface area contributed by atoms with Crippen LogP contribution >= 0.6 is 0 Å². The van der Waals surface area contributed by atoms with Gasteiger partial charge in [-0.05, 0) is 57.0 Å². The number of anilines is 1. The van der Waals surface area contributed by atoms with Gasteiger partial charge in [-0.25, -0.2) is 8.42 Å². The maximum absolute atomic E-state index is 12.8. The summed E-state index contributed by atoms with van der Waals surface area (Å²) in [5.41, 5.74) is 0.744. The number of hydrogen-bond donors (Lipinski definition) is 1. The summed E-state index contributed by atoms with van der Waals surface area (Å²) < 4.78 is 33.9. The van der Waals surface area contributed by atoms with E-state index in [-0.39, 0.29) is 16.9 Å². The quantitative estimate of drug-likeness (QED) is 0.822. The zero-order valence-corrected chi connectivity index (χ0v) is 16.3. The molecule has 0 aliphatic carbocycles. The predicted octanol–water partition coefficient (Wildman–Crippen LogP) is 3.51.